The lowest BCUT2D eigenvalue weighted by atomic mass is 10.1. The minimum absolute atomic E-state index is 0.645. The van der Waals surface area contributed by atoms with E-state index in [4.69, 9.17) is 48.9 Å². The number of aryl methyl sites for hydroxylation is 7. The van der Waals surface area contributed by atoms with Crippen molar-refractivity contribution in [2.75, 3.05) is 49.0 Å². The zero-order valence-corrected chi connectivity index (χ0v) is 36.5. The predicted molar refractivity (Wildman–Crippen MR) is 249 cm³/mol. The summed E-state index contributed by atoms with van der Waals surface area (Å²) in [6.07, 6.45) is 0. The largest absolute Gasteiger partial charge is 0.366 e. The van der Waals surface area contributed by atoms with Crippen LogP contribution < -0.4 is 42.5 Å². The number of benzene rings is 4. The van der Waals surface area contributed by atoms with Crippen LogP contribution in [0.25, 0.3) is 0 Å². The van der Waals surface area contributed by atoms with Gasteiger partial charge in [-0.05, 0) is 163 Å². The van der Waals surface area contributed by atoms with Gasteiger partial charge in [-0.1, -0.05) is 65.7 Å². The maximum absolute atomic E-state index is 5.11. The monoisotopic (exact) mass is 790 g/mol. The minimum atomic E-state index is 0.645. The van der Waals surface area contributed by atoms with Gasteiger partial charge >= 0.3 is 0 Å². The highest BCUT2D eigenvalue weighted by Crippen LogP contribution is 2.20. The van der Waals surface area contributed by atoms with Gasteiger partial charge in [-0.25, -0.2) is 0 Å². The lowest BCUT2D eigenvalue weighted by Crippen LogP contribution is -2.28. The second kappa shape index (κ2) is 24.8. The van der Waals surface area contributed by atoms with Crippen LogP contribution in [0.1, 0.15) is 51.4 Å². The predicted octanol–water partition coefficient (Wildman–Crippen LogP) is 9.27. The zero-order valence-electron chi connectivity index (χ0n) is 33.3. The van der Waals surface area contributed by atoms with E-state index in [0.29, 0.717) is 20.4 Å². The molecule has 0 unspecified atom stereocenters. The summed E-state index contributed by atoms with van der Waals surface area (Å²) in [5.41, 5.74) is 14.2. The lowest BCUT2D eigenvalue weighted by Gasteiger charge is -2.12. The molecular weight excluding hydrogens is 733 g/mol. The molecule has 8 nitrogen and oxygen atoms in total. The third kappa shape index (κ3) is 17.8. The van der Waals surface area contributed by atoms with Gasteiger partial charge < -0.3 is 42.5 Å². The van der Waals surface area contributed by atoms with E-state index in [-0.39, 0.29) is 0 Å². The molecule has 53 heavy (non-hydrogen) atoms. The fraction of sp³-hybridized carbons (Fsp3) is 0.317. The fourth-order valence-electron chi connectivity index (χ4n) is 4.68. The SMILES string of the molecule is CCNC(=S)Nc1ccc(C)cc1C.CNC(=S)Nc1c(C)cccc1C.CNC(=S)Nc1ccc(C)cc1C.CNC(=S)Nc1cccc(C)c1C. The summed E-state index contributed by atoms with van der Waals surface area (Å²) in [5, 5.41) is 26.9. The summed E-state index contributed by atoms with van der Waals surface area (Å²) < 4.78 is 0. The van der Waals surface area contributed by atoms with Crippen molar-refractivity contribution in [2.24, 2.45) is 0 Å². The van der Waals surface area contributed by atoms with E-state index in [9.17, 15) is 0 Å². The number of hydrogen-bond acceptors (Lipinski definition) is 4. The maximum atomic E-state index is 5.11. The van der Waals surface area contributed by atoms with Crippen LogP contribution in [0.3, 0.4) is 0 Å². The Kier molecular flexibility index (Phi) is 21.8. The van der Waals surface area contributed by atoms with Crippen LogP contribution in [0.4, 0.5) is 22.7 Å². The van der Waals surface area contributed by atoms with Crippen LogP contribution >= 0.6 is 48.9 Å². The van der Waals surface area contributed by atoms with E-state index in [1.165, 1.54) is 44.5 Å². The first-order valence-corrected chi connectivity index (χ1v) is 19.0. The van der Waals surface area contributed by atoms with Gasteiger partial charge in [-0.2, -0.15) is 0 Å². The van der Waals surface area contributed by atoms with Crippen LogP contribution in [0, 0.1) is 55.4 Å². The number of anilines is 4. The minimum Gasteiger partial charge on any atom is -0.366 e. The van der Waals surface area contributed by atoms with E-state index < -0.39 is 0 Å². The summed E-state index contributed by atoms with van der Waals surface area (Å²) in [7, 11) is 5.42. The van der Waals surface area contributed by atoms with Gasteiger partial charge in [-0.3, -0.25) is 0 Å². The highest BCUT2D eigenvalue weighted by atomic mass is 32.1. The summed E-state index contributed by atoms with van der Waals surface area (Å²) in [6.45, 7) is 19.5. The number of nitrogens with one attached hydrogen (secondary N) is 8. The van der Waals surface area contributed by atoms with Crippen LogP contribution in [0.2, 0.25) is 0 Å². The van der Waals surface area contributed by atoms with Crippen molar-refractivity contribution in [2.45, 2.75) is 62.3 Å². The first kappa shape index (κ1) is 46.7. The van der Waals surface area contributed by atoms with Crippen molar-refractivity contribution in [1.29, 1.82) is 0 Å². The molecular formula is C41H58N8S4. The van der Waals surface area contributed by atoms with Gasteiger partial charge in [0.15, 0.2) is 20.4 Å². The molecule has 0 aliphatic heterocycles. The van der Waals surface area contributed by atoms with Crippen molar-refractivity contribution in [1.82, 2.24) is 21.3 Å². The second-order valence-electron chi connectivity index (χ2n) is 12.2. The van der Waals surface area contributed by atoms with Gasteiger partial charge in [0.25, 0.3) is 0 Å². The van der Waals surface area contributed by atoms with E-state index >= 15 is 0 Å². The summed E-state index contributed by atoms with van der Waals surface area (Å²) in [5.74, 6) is 0. The lowest BCUT2D eigenvalue weighted by molar-refractivity contribution is 0.979. The highest BCUT2D eigenvalue weighted by Gasteiger charge is 2.03. The molecule has 0 fully saturated rings. The first-order chi connectivity index (χ1) is 25.1. The smallest absolute Gasteiger partial charge is 0.170 e. The molecule has 0 aromatic heterocycles. The average molecular weight is 791 g/mol. The Hall–Kier alpha value is -4.36. The summed E-state index contributed by atoms with van der Waals surface area (Å²) in [4.78, 5) is 0. The van der Waals surface area contributed by atoms with Crippen LogP contribution in [0.15, 0.2) is 72.8 Å². The Morgan fingerprint density at radius 1 is 0.453 bits per heavy atom. The zero-order chi connectivity index (χ0) is 40.1. The van der Waals surface area contributed by atoms with Crippen molar-refractivity contribution in [3.8, 4) is 0 Å². The van der Waals surface area contributed by atoms with Gasteiger partial charge in [0, 0.05) is 50.4 Å². The third-order valence-corrected chi connectivity index (χ3v) is 9.02. The number of hydrogen-bond donors (Lipinski definition) is 8. The van der Waals surface area contributed by atoms with E-state index in [1.807, 2.05) is 44.3 Å². The molecule has 4 rings (SSSR count). The number of thiocarbonyl (C=S) groups is 4. The molecule has 12 heteroatoms. The summed E-state index contributed by atoms with van der Waals surface area (Å²) in [6, 6.07) is 24.8. The molecule has 0 bridgehead atoms. The molecule has 4 aromatic carbocycles. The molecule has 0 aliphatic rings. The quantitative estimate of drug-likeness (QED) is 0.0927. The molecule has 0 saturated carbocycles. The molecule has 0 saturated heterocycles. The Morgan fingerprint density at radius 3 is 1.28 bits per heavy atom. The standard InChI is InChI=1S/C11H16N2S.3C10H14N2S/c1-4-12-11(14)13-10-6-5-8(2)7-9(10)3;1-7-4-5-9(8(2)6-7)12-10(13)11-3;1-7-5-4-6-9(8(7)2)12-10(13)11-3;1-7-5-4-6-8(2)9(7)12-10(13)11-3/h5-7H,4H2,1-3H3,(H2,12,13,14);3*4-6H,1-3H3,(H2,11,12,13). The van der Waals surface area contributed by atoms with E-state index in [0.717, 1.165) is 29.3 Å². The molecule has 4 aromatic rings. The molecule has 0 atom stereocenters. The van der Waals surface area contributed by atoms with Crippen LogP contribution in [-0.2, 0) is 0 Å². The first-order valence-electron chi connectivity index (χ1n) is 17.3. The van der Waals surface area contributed by atoms with Crippen LogP contribution in [-0.4, -0.2) is 48.1 Å². The Bertz CT molecular complexity index is 1800. The topological polar surface area (TPSA) is 96.2 Å². The number of para-hydroxylation sites is 1. The van der Waals surface area contributed by atoms with E-state index in [2.05, 4.69) is 140 Å². The van der Waals surface area contributed by atoms with Gasteiger partial charge in [0.05, 0.1) is 0 Å². The van der Waals surface area contributed by atoms with Gasteiger partial charge in [0.2, 0.25) is 0 Å². The Balaban J connectivity index is 0.000000354. The molecule has 8 N–H and O–H groups in total. The Labute approximate surface area is 340 Å². The third-order valence-electron chi connectivity index (χ3n) is 7.85. The Morgan fingerprint density at radius 2 is 0.849 bits per heavy atom. The average Bonchev–Trinajstić information content (AvgIpc) is 3.11. The fourth-order valence-corrected chi connectivity index (χ4v) is 5.25. The van der Waals surface area contributed by atoms with Crippen molar-refractivity contribution >= 4 is 92.1 Å². The maximum Gasteiger partial charge on any atom is 0.170 e. The molecule has 0 spiro atoms. The molecule has 0 amide bonds. The van der Waals surface area contributed by atoms with Crippen molar-refractivity contribution in [3.05, 3.63) is 117 Å². The summed E-state index contributed by atoms with van der Waals surface area (Å²) >= 11 is 20.2. The van der Waals surface area contributed by atoms with E-state index in [1.54, 1.807) is 14.1 Å². The normalized spacial score (nSPS) is 9.51. The van der Waals surface area contributed by atoms with Gasteiger partial charge in [-0.15, -0.1) is 0 Å². The van der Waals surface area contributed by atoms with Crippen molar-refractivity contribution in [3.63, 3.8) is 0 Å². The van der Waals surface area contributed by atoms with Crippen LogP contribution in [0.5, 0.6) is 0 Å². The molecule has 0 radical (unpaired) electrons. The molecule has 0 heterocycles. The van der Waals surface area contributed by atoms with Gasteiger partial charge in [0.1, 0.15) is 0 Å². The second-order valence-corrected chi connectivity index (χ2v) is 13.9. The van der Waals surface area contributed by atoms with Crippen molar-refractivity contribution < 1.29 is 0 Å². The molecule has 286 valence electrons. The number of rotatable bonds is 5. The molecule has 0 aliphatic carbocycles. The highest BCUT2D eigenvalue weighted by molar-refractivity contribution is 7.81.